The van der Waals surface area contributed by atoms with Crippen molar-refractivity contribution in [1.29, 1.82) is 0 Å². The Morgan fingerprint density at radius 1 is 1.53 bits per heavy atom. The molecular formula is C11H16N4O2. The molecule has 6 heteroatoms. The molecule has 0 bridgehead atoms. The Labute approximate surface area is 99.0 Å². The van der Waals surface area contributed by atoms with Crippen LogP contribution in [-0.2, 0) is 6.42 Å². The van der Waals surface area contributed by atoms with Gasteiger partial charge in [-0.3, -0.25) is 4.79 Å². The molecule has 0 spiro atoms. The van der Waals surface area contributed by atoms with Crippen LogP contribution in [-0.4, -0.2) is 34.0 Å². The van der Waals surface area contributed by atoms with Crippen molar-refractivity contribution < 1.29 is 5.21 Å². The second-order valence-electron chi connectivity index (χ2n) is 4.06. The summed E-state index contributed by atoms with van der Waals surface area (Å²) in [5, 5.41) is 11.9. The molecule has 0 aromatic carbocycles. The zero-order chi connectivity index (χ0) is 12.3. The van der Waals surface area contributed by atoms with Gasteiger partial charge in [0.05, 0.1) is 5.71 Å². The van der Waals surface area contributed by atoms with Crippen molar-refractivity contribution >= 4 is 11.5 Å². The Balaban J connectivity index is 2.18. The number of nitrogens with zero attached hydrogens (tertiary/aromatic N) is 3. The maximum absolute atomic E-state index is 11.4. The second-order valence-corrected chi connectivity index (χ2v) is 4.06. The first kappa shape index (κ1) is 11.6. The summed E-state index contributed by atoms with van der Waals surface area (Å²) in [5.41, 5.74) is 0.690. The number of nitrogens with one attached hydrogen (secondary N) is 1. The lowest BCUT2D eigenvalue weighted by Gasteiger charge is -2.28. The fourth-order valence-corrected chi connectivity index (χ4v) is 1.92. The number of hydrogen-bond donors (Lipinski definition) is 2. The highest BCUT2D eigenvalue weighted by Crippen LogP contribution is 2.14. The Kier molecular flexibility index (Phi) is 3.41. The molecule has 0 aliphatic carbocycles. The number of anilines is 1. The second kappa shape index (κ2) is 4.99. The molecule has 0 amide bonds. The lowest BCUT2D eigenvalue weighted by Crippen LogP contribution is -2.35. The van der Waals surface area contributed by atoms with Crippen molar-refractivity contribution in [3.05, 3.63) is 22.2 Å². The molecule has 0 saturated carbocycles. The third-order valence-corrected chi connectivity index (χ3v) is 2.92. The van der Waals surface area contributed by atoms with Crippen LogP contribution >= 0.6 is 0 Å². The predicted molar refractivity (Wildman–Crippen MR) is 64.9 cm³/mol. The number of oxime groups is 1. The molecule has 2 heterocycles. The van der Waals surface area contributed by atoms with Crippen molar-refractivity contribution in [3.8, 4) is 0 Å². The molecule has 1 aliphatic rings. The average Bonchev–Trinajstić information content (AvgIpc) is 2.38. The van der Waals surface area contributed by atoms with Gasteiger partial charge in [0.2, 0.25) is 0 Å². The Hall–Kier alpha value is -1.85. The molecule has 0 unspecified atom stereocenters. The molecule has 6 nitrogen and oxygen atoms in total. The molecule has 1 aromatic heterocycles. The van der Waals surface area contributed by atoms with E-state index in [-0.39, 0.29) is 5.56 Å². The number of aromatic amines is 1. The van der Waals surface area contributed by atoms with Gasteiger partial charge < -0.3 is 15.1 Å². The van der Waals surface area contributed by atoms with Gasteiger partial charge in [0.15, 0.2) is 0 Å². The van der Waals surface area contributed by atoms with Gasteiger partial charge in [-0.15, -0.1) is 0 Å². The molecule has 2 rings (SSSR count). The number of aromatic nitrogens is 2. The van der Waals surface area contributed by atoms with Gasteiger partial charge in [-0.05, 0) is 0 Å². The molecule has 1 saturated heterocycles. The van der Waals surface area contributed by atoms with Gasteiger partial charge in [0.1, 0.15) is 11.6 Å². The van der Waals surface area contributed by atoms with Crippen molar-refractivity contribution in [3.63, 3.8) is 0 Å². The molecule has 1 aliphatic heterocycles. The minimum Gasteiger partial charge on any atom is -0.411 e. The topological polar surface area (TPSA) is 81.6 Å². The number of piperidine rings is 1. The number of aryl methyl sites for hydroxylation is 1. The van der Waals surface area contributed by atoms with Gasteiger partial charge in [0, 0.05) is 38.4 Å². The van der Waals surface area contributed by atoms with Gasteiger partial charge in [-0.1, -0.05) is 12.1 Å². The highest BCUT2D eigenvalue weighted by molar-refractivity contribution is 5.85. The molecule has 1 aromatic rings. The van der Waals surface area contributed by atoms with E-state index in [2.05, 4.69) is 15.1 Å². The van der Waals surface area contributed by atoms with Crippen LogP contribution in [0.4, 0.5) is 5.82 Å². The van der Waals surface area contributed by atoms with E-state index in [4.69, 9.17) is 5.21 Å². The van der Waals surface area contributed by atoms with E-state index >= 15 is 0 Å². The fourth-order valence-electron chi connectivity index (χ4n) is 1.92. The largest absolute Gasteiger partial charge is 0.411 e. The first-order chi connectivity index (χ1) is 8.22. The molecule has 92 valence electrons. The maximum atomic E-state index is 11.4. The van der Waals surface area contributed by atoms with E-state index in [9.17, 15) is 4.79 Å². The Morgan fingerprint density at radius 3 is 2.82 bits per heavy atom. The summed E-state index contributed by atoms with van der Waals surface area (Å²) in [4.78, 5) is 20.6. The summed E-state index contributed by atoms with van der Waals surface area (Å²) in [6.07, 6.45) is 2.14. The van der Waals surface area contributed by atoms with E-state index in [1.54, 1.807) is 0 Å². The number of H-pyrrole nitrogens is 1. The molecular weight excluding hydrogens is 220 g/mol. The molecule has 2 N–H and O–H groups in total. The van der Waals surface area contributed by atoms with Crippen molar-refractivity contribution in [1.82, 2.24) is 9.97 Å². The maximum Gasteiger partial charge on any atom is 0.252 e. The lowest BCUT2D eigenvalue weighted by atomic mass is 10.1. The normalized spacial score (nSPS) is 16.1. The summed E-state index contributed by atoms with van der Waals surface area (Å²) in [6, 6.07) is 1.51. The zero-order valence-electron chi connectivity index (χ0n) is 9.81. The summed E-state index contributed by atoms with van der Waals surface area (Å²) in [7, 11) is 0. The molecule has 17 heavy (non-hydrogen) atoms. The summed E-state index contributed by atoms with van der Waals surface area (Å²) >= 11 is 0. The van der Waals surface area contributed by atoms with E-state index in [1.165, 1.54) is 6.07 Å². The number of hydrogen-bond acceptors (Lipinski definition) is 5. The summed E-state index contributed by atoms with van der Waals surface area (Å²) in [6.45, 7) is 3.42. The van der Waals surface area contributed by atoms with Crippen LogP contribution < -0.4 is 10.5 Å². The summed E-state index contributed by atoms with van der Waals surface area (Å²) < 4.78 is 0. The van der Waals surface area contributed by atoms with E-state index in [0.717, 1.165) is 18.8 Å². The van der Waals surface area contributed by atoms with Crippen molar-refractivity contribution in [2.24, 2.45) is 5.16 Å². The third kappa shape index (κ3) is 2.64. The Bertz CT molecular complexity index is 471. The highest BCUT2D eigenvalue weighted by atomic mass is 16.4. The van der Waals surface area contributed by atoms with Crippen LogP contribution in [0.3, 0.4) is 0 Å². The van der Waals surface area contributed by atoms with E-state index in [1.807, 2.05) is 11.8 Å². The first-order valence-electron chi connectivity index (χ1n) is 5.78. The fraction of sp³-hybridized carbons (Fsp3) is 0.545. The third-order valence-electron chi connectivity index (χ3n) is 2.92. The predicted octanol–water partition coefficient (Wildman–Crippen LogP) is 0.763. The lowest BCUT2D eigenvalue weighted by molar-refractivity contribution is 0.315. The van der Waals surface area contributed by atoms with E-state index in [0.29, 0.717) is 30.9 Å². The van der Waals surface area contributed by atoms with Crippen molar-refractivity contribution in [2.45, 2.75) is 26.2 Å². The SMILES string of the molecule is CCc1nc(N2CCC(=NO)CC2)cc(=O)[nH]1. The Morgan fingerprint density at radius 2 is 2.24 bits per heavy atom. The summed E-state index contributed by atoms with van der Waals surface area (Å²) in [5.74, 6) is 1.41. The van der Waals surface area contributed by atoms with Gasteiger partial charge in [-0.25, -0.2) is 4.98 Å². The smallest absolute Gasteiger partial charge is 0.252 e. The minimum atomic E-state index is -0.117. The average molecular weight is 236 g/mol. The quantitative estimate of drug-likeness (QED) is 0.587. The van der Waals surface area contributed by atoms with Gasteiger partial charge in [-0.2, -0.15) is 0 Å². The van der Waals surface area contributed by atoms with Gasteiger partial charge >= 0.3 is 0 Å². The number of rotatable bonds is 2. The molecule has 1 fully saturated rings. The monoisotopic (exact) mass is 236 g/mol. The van der Waals surface area contributed by atoms with Crippen LogP contribution in [0.5, 0.6) is 0 Å². The molecule has 0 radical (unpaired) electrons. The molecule has 0 atom stereocenters. The minimum absolute atomic E-state index is 0.117. The van der Waals surface area contributed by atoms with Crippen LogP contribution in [0.1, 0.15) is 25.6 Å². The first-order valence-corrected chi connectivity index (χ1v) is 5.78. The van der Waals surface area contributed by atoms with Crippen molar-refractivity contribution in [2.75, 3.05) is 18.0 Å². The van der Waals surface area contributed by atoms with Crippen LogP contribution in [0.15, 0.2) is 16.0 Å². The van der Waals surface area contributed by atoms with Crippen LogP contribution in [0, 0.1) is 0 Å². The van der Waals surface area contributed by atoms with Crippen LogP contribution in [0.2, 0.25) is 0 Å². The standard InChI is InChI=1S/C11H16N4O2/c1-2-9-12-10(7-11(16)13-9)15-5-3-8(14-17)4-6-15/h7,17H,2-6H2,1H3,(H,12,13,16). The van der Waals surface area contributed by atoms with Gasteiger partial charge in [0.25, 0.3) is 5.56 Å². The zero-order valence-corrected chi connectivity index (χ0v) is 9.81. The van der Waals surface area contributed by atoms with Crippen LogP contribution in [0.25, 0.3) is 0 Å². The van der Waals surface area contributed by atoms with E-state index < -0.39 is 0 Å². The highest BCUT2D eigenvalue weighted by Gasteiger charge is 2.17.